The first-order chi connectivity index (χ1) is 10.3. The van der Waals surface area contributed by atoms with Crippen molar-refractivity contribution in [1.29, 1.82) is 0 Å². The Morgan fingerprint density at radius 2 is 1.50 bits per heavy atom. The summed E-state index contributed by atoms with van der Waals surface area (Å²) in [4.78, 5) is 32.7. The Kier molecular flexibility index (Phi) is 9.86. The van der Waals surface area contributed by atoms with Crippen molar-refractivity contribution in [2.24, 2.45) is 0 Å². The lowest BCUT2D eigenvalue weighted by Gasteiger charge is -2.32. The van der Waals surface area contributed by atoms with Crippen molar-refractivity contribution >= 4 is 17.9 Å². The van der Waals surface area contributed by atoms with E-state index in [0.717, 1.165) is 32.1 Å². The number of carboxylic acids is 3. The SMILES string of the molecule is CCCCCCC/C=C/[N+](CC(=O)[O-])(CC(=O)O)CC(=O)O. The number of carbonyl (C=O) groups excluding carboxylic acids is 1. The molecule has 2 N–H and O–H groups in total. The molecule has 0 aliphatic rings. The molecule has 0 heterocycles. The number of hydrogen-bond acceptors (Lipinski definition) is 4. The zero-order valence-corrected chi connectivity index (χ0v) is 13.0. The van der Waals surface area contributed by atoms with Gasteiger partial charge in [0.15, 0.2) is 13.1 Å². The van der Waals surface area contributed by atoms with Gasteiger partial charge in [-0.25, -0.2) is 9.59 Å². The molecule has 0 fully saturated rings. The minimum absolute atomic E-state index is 0.605. The van der Waals surface area contributed by atoms with Crippen LogP contribution in [0.1, 0.15) is 45.4 Å². The molecule has 0 aliphatic heterocycles. The highest BCUT2D eigenvalue weighted by Gasteiger charge is 2.31. The molecule has 7 nitrogen and oxygen atoms in total. The van der Waals surface area contributed by atoms with Crippen LogP contribution in [0, 0.1) is 0 Å². The third-order valence-corrected chi connectivity index (χ3v) is 3.24. The number of carboxylic acid groups (broad SMARTS) is 3. The summed E-state index contributed by atoms with van der Waals surface area (Å²) < 4.78 is -0.679. The fraction of sp³-hybridized carbons (Fsp3) is 0.667. The van der Waals surface area contributed by atoms with Crippen molar-refractivity contribution in [2.75, 3.05) is 19.6 Å². The van der Waals surface area contributed by atoms with Crippen LogP contribution in [0.2, 0.25) is 0 Å². The molecule has 0 aromatic carbocycles. The second kappa shape index (κ2) is 10.8. The van der Waals surface area contributed by atoms with E-state index in [1.54, 1.807) is 6.08 Å². The molecule has 0 spiro atoms. The van der Waals surface area contributed by atoms with Crippen LogP contribution in [0.5, 0.6) is 0 Å². The van der Waals surface area contributed by atoms with Crippen molar-refractivity contribution in [3.63, 3.8) is 0 Å². The number of allylic oxidation sites excluding steroid dienone is 1. The molecule has 0 saturated carbocycles. The van der Waals surface area contributed by atoms with E-state index < -0.39 is 42.0 Å². The number of rotatable bonds is 13. The standard InChI is InChI=1S/C15H25NO6/c1-2-3-4-5-6-7-8-9-16(10-13(17)18,11-14(19)20)12-15(21)22/h8-9H,2-7,10-12H2,1H3,(H2-,17,18,19,20,21,22)/b9-8+. The minimum Gasteiger partial charge on any atom is -0.544 e. The largest absolute Gasteiger partial charge is 0.544 e. The van der Waals surface area contributed by atoms with Gasteiger partial charge < -0.3 is 20.1 Å². The summed E-state index contributed by atoms with van der Waals surface area (Å²) >= 11 is 0. The maximum Gasteiger partial charge on any atom is 0.359 e. The van der Waals surface area contributed by atoms with Crippen molar-refractivity contribution in [2.45, 2.75) is 45.4 Å². The highest BCUT2D eigenvalue weighted by molar-refractivity contribution is 5.72. The Labute approximate surface area is 130 Å². The molecule has 0 aromatic rings. The molecular formula is C15H25NO6. The third kappa shape index (κ3) is 9.93. The normalized spacial score (nSPS) is 11.7. The van der Waals surface area contributed by atoms with Crippen LogP contribution >= 0.6 is 0 Å². The van der Waals surface area contributed by atoms with Gasteiger partial charge in [0.25, 0.3) is 0 Å². The fourth-order valence-electron chi connectivity index (χ4n) is 2.29. The van der Waals surface area contributed by atoms with Crippen LogP contribution in [-0.4, -0.2) is 52.2 Å². The predicted octanol–water partition coefficient (Wildman–Crippen LogP) is 0.597. The summed E-state index contributed by atoms with van der Waals surface area (Å²) in [6.45, 7) is 0.230. The lowest BCUT2D eigenvalue weighted by atomic mass is 10.1. The van der Waals surface area contributed by atoms with Gasteiger partial charge in [-0.05, 0) is 18.9 Å². The molecule has 0 aromatic heterocycles. The van der Waals surface area contributed by atoms with Gasteiger partial charge in [-0.15, -0.1) is 0 Å². The molecule has 126 valence electrons. The van der Waals surface area contributed by atoms with Crippen LogP contribution in [-0.2, 0) is 14.4 Å². The second-order valence-corrected chi connectivity index (χ2v) is 5.44. The summed E-state index contributed by atoms with van der Waals surface area (Å²) in [5, 5.41) is 28.7. The molecule has 0 radical (unpaired) electrons. The van der Waals surface area contributed by atoms with E-state index >= 15 is 0 Å². The van der Waals surface area contributed by atoms with Crippen LogP contribution in [0.25, 0.3) is 0 Å². The number of quaternary nitrogens is 1. The molecule has 7 heteroatoms. The summed E-state index contributed by atoms with van der Waals surface area (Å²) in [5.74, 6) is -3.99. The number of hydrogen-bond donors (Lipinski definition) is 2. The lowest BCUT2D eigenvalue weighted by Crippen LogP contribution is -2.55. The van der Waals surface area contributed by atoms with Gasteiger partial charge in [-0.3, -0.25) is 4.48 Å². The van der Waals surface area contributed by atoms with Crippen LogP contribution in [0.4, 0.5) is 0 Å². The molecule has 22 heavy (non-hydrogen) atoms. The van der Waals surface area contributed by atoms with Gasteiger partial charge in [0.05, 0.1) is 12.2 Å². The first-order valence-corrected chi connectivity index (χ1v) is 7.48. The molecule has 0 amide bonds. The van der Waals surface area contributed by atoms with Gasteiger partial charge in [0, 0.05) is 0 Å². The molecule has 0 unspecified atom stereocenters. The van der Waals surface area contributed by atoms with Crippen molar-refractivity contribution in [1.82, 2.24) is 0 Å². The molecule has 0 rings (SSSR count). The maximum absolute atomic E-state index is 10.9. The van der Waals surface area contributed by atoms with Gasteiger partial charge in [0.1, 0.15) is 6.54 Å². The van der Waals surface area contributed by atoms with Crippen LogP contribution in [0.3, 0.4) is 0 Å². The Hall–Kier alpha value is -1.89. The number of unbranched alkanes of at least 4 members (excludes halogenated alkanes) is 5. The molecule has 0 aliphatic carbocycles. The van der Waals surface area contributed by atoms with Crippen molar-refractivity contribution in [3.05, 3.63) is 12.3 Å². The van der Waals surface area contributed by atoms with Crippen molar-refractivity contribution in [3.8, 4) is 0 Å². The van der Waals surface area contributed by atoms with Gasteiger partial charge >= 0.3 is 11.9 Å². The summed E-state index contributed by atoms with van der Waals surface area (Å²) in [5.41, 5.74) is 0. The lowest BCUT2D eigenvalue weighted by molar-refractivity contribution is -0.859. The Balaban J connectivity index is 4.76. The average molecular weight is 315 g/mol. The van der Waals surface area contributed by atoms with E-state index in [4.69, 9.17) is 10.2 Å². The zero-order valence-electron chi connectivity index (χ0n) is 13.0. The number of nitrogens with zero attached hydrogens (tertiary/aromatic N) is 1. The van der Waals surface area contributed by atoms with Gasteiger partial charge in [0.2, 0.25) is 0 Å². The molecule has 0 atom stereocenters. The van der Waals surface area contributed by atoms with E-state index in [1.165, 1.54) is 6.20 Å². The van der Waals surface area contributed by atoms with E-state index in [9.17, 15) is 19.5 Å². The average Bonchev–Trinajstić information content (AvgIpc) is 2.35. The number of carbonyl (C=O) groups is 3. The van der Waals surface area contributed by atoms with E-state index in [2.05, 4.69) is 6.92 Å². The second-order valence-electron chi connectivity index (χ2n) is 5.44. The van der Waals surface area contributed by atoms with Gasteiger partial charge in [-0.1, -0.05) is 32.6 Å². The number of aliphatic carboxylic acids is 3. The highest BCUT2D eigenvalue weighted by Crippen LogP contribution is 2.11. The fourth-order valence-corrected chi connectivity index (χ4v) is 2.29. The van der Waals surface area contributed by atoms with E-state index in [0.29, 0.717) is 6.42 Å². The summed E-state index contributed by atoms with van der Waals surface area (Å²) in [7, 11) is 0. The Bertz CT molecular complexity index is 364. The van der Waals surface area contributed by atoms with Crippen LogP contribution < -0.4 is 5.11 Å². The van der Waals surface area contributed by atoms with E-state index in [-0.39, 0.29) is 0 Å². The quantitative estimate of drug-likeness (QED) is 0.380. The topological polar surface area (TPSA) is 115 Å². The first kappa shape index (κ1) is 20.1. The highest BCUT2D eigenvalue weighted by atomic mass is 16.4. The maximum atomic E-state index is 10.9. The summed E-state index contributed by atoms with van der Waals surface area (Å²) in [6, 6.07) is 0. The minimum atomic E-state index is -1.48. The molecule has 0 saturated heterocycles. The Morgan fingerprint density at radius 3 is 1.95 bits per heavy atom. The van der Waals surface area contributed by atoms with Gasteiger partial charge in [-0.2, -0.15) is 0 Å². The molecular weight excluding hydrogens is 290 g/mol. The summed E-state index contributed by atoms with van der Waals surface area (Å²) in [6.07, 6.45) is 9.06. The smallest absolute Gasteiger partial charge is 0.359 e. The van der Waals surface area contributed by atoms with E-state index in [1.807, 2.05) is 0 Å². The Morgan fingerprint density at radius 1 is 0.955 bits per heavy atom. The monoisotopic (exact) mass is 315 g/mol. The predicted molar refractivity (Wildman–Crippen MR) is 77.7 cm³/mol. The molecule has 0 bridgehead atoms. The van der Waals surface area contributed by atoms with Crippen LogP contribution in [0.15, 0.2) is 12.3 Å². The third-order valence-electron chi connectivity index (χ3n) is 3.24. The zero-order chi connectivity index (χ0) is 17.0. The first-order valence-electron chi connectivity index (χ1n) is 7.48. The van der Waals surface area contributed by atoms with Crippen molar-refractivity contribution < 1.29 is 34.2 Å².